The summed E-state index contributed by atoms with van der Waals surface area (Å²) >= 11 is 0. The first-order valence-corrected chi connectivity index (χ1v) is 5.49. The van der Waals surface area contributed by atoms with E-state index in [-0.39, 0.29) is 5.91 Å². The van der Waals surface area contributed by atoms with Crippen LogP contribution in [0.2, 0.25) is 0 Å². The SMILES string of the molecule is Cc1cc(C)c(CCNC(=O)CO)cc1C. The van der Waals surface area contributed by atoms with Gasteiger partial charge < -0.3 is 10.4 Å². The molecule has 1 aromatic carbocycles. The zero-order chi connectivity index (χ0) is 12.1. The molecule has 0 bridgehead atoms. The topological polar surface area (TPSA) is 49.3 Å². The molecule has 88 valence electrons. The number of carbonyl (C=O) groups is 1. The molecule has 0 aliphatic rings. The fourth-order valence-corrected chi connectivity index (χ4v) is 1.68. The molecule has 0 radical (unpaired) electrons. The summed E-state index contributed by atoms with van der Waals surface area (Å²) in [4.78, 5) is 10.8. The van der Waals surface area contributed by atoms with Crippen molar-refractivity contribution in [3.05, 3.63) is 34.4 Å². The Morgan fingerprint density at radius 3 is 2.44 bits per heavy atom. The second-order valence-electron chi connectivity index (χ2n) is 4.12. The second kappa shape index (κ2) is 5.66. The molecule has 16 heavy (non-hydrogen) atoms. The van der Waals surface area contributed by atoms with E-state index in [1.165, 1.54) is 22.3 Å². The van der Waals surface area contributed by atoms with Crippen molar-refractivity contribution in [2.75, 3.05) is 13.2 Å². The highest BCUT2D eigenvalue weighted by atomic mass is 16.3. The van der Waals surface area contributed by atoms with Crippen LogP contribution in [0.4, 0.5) is 0 Å². The number of nitrogens with one attached hydrogen (secondary N) is 1. The molecule has 1 rings (SSSR count). The highest BCUT2D eigenvalue weighted by molar-refractivity contribution is 5.76. The standard InChI is InChI=1S/C13H19NO2/c1-9-6-11(3)12(7-10(9)2)4-5-14-13(16)8-15/h6-7,15H,4-5,8H2,1-3H3,(H,14,16). The van der Waals surface area contributed by atoms with Gasteiger partial charge in [-0.2, -0.15) is 0 Å². The Labute approximate surface area is 96.5 Å². The Hall–Kier alpha value is -1.35. The molecule has 0 spiro atoms. The quantitative estimate of drug-likeness (QED) is 0.804. The number of rotatable bonds is 4. The summed E-state index contributed by atoms with van der Waals surface area (Å²) in [6, 6.07) is 4.33. The Morgan fingerprint density at radius 1 is 1.19 bits per heavy atom. The average Bonchev–Trinajstić information content (AvgIpc) is 2.25. The summed E-state index contributed by atoms with van der Waals surface area (Å²) in [5.41, 5.74) is 5.07. The molecule has 0 aliphatic heterocycles. The van der Waals surface area contributed by atoms with Crippen LogP contribution in [0.3, 0.4) is 0 Å². The third-order valence-corrected chi connectivity index (χ3v) is 2.81. The molecule has 1 aromatic rings. The number of aryl methyl sites for hydroxylation is 3. The van der Waals surface area contributed by atoms with Crippen molar-refractivity contribution < 1.29 is 9.90 Å². The van der Waals surface area contributed by atoms with Gasteiger partial charge in [0.2, 0.25) is 5.91 Å². The molecular formula is C13H19NO2. The number of aliphatic hydroxyl groups excluding tert-OH is 1. The molecule has 1 amide bonds. The van der Waals surface area contributed by atoms with Crippen LogP contribution in [-0.2, 0) is 11.2 Å². The van der Waals surface area contributed by atoms with Crippen LogP contribution in [0.25, 0.3) is 0 Å². The number of hydrogen-bond donors (Lipinski definition) is 2. The molecular weight excluding hydrogens is 202 g/mol. The normalized spacial score (nSPS) is 10.2. The number of benzene rings is 1. The Balaban J connectivity index is 2.60. The van der Waals surface area contributed by atoms with Gasteiger partial charge in [-0.15, -0.1) is 0 Å². The predicted octanol–water partition coefficient (Wildman–Crippen LogP) is 1.26. The van der Waals surface area contributed by atoms with E-state index >= 15 is 0 Å². The van der Waals surface area contributed by atoms with Gasteiger partial charge in [-0.25, -0.2) is 0 Å². The lowest BCUT2D eigenvalue weighted by molar-refractivity contribution is -0.123. The summed E-state index contributed by atoms with van der Waals surface area (Å²) in [5.74, 6) is -0.318. The lowest BCUT2D eigenvalue weighted by Gasteiger charge is -2.10. The lowest BCUT2D eigenvalue weighted by Crippen LogP contribution is -2.28. The third kappa shape index (κ3) is 3.35. The predicted molar refractivity (Wildman–Crippen MR) is 64.5 cm³/mol. The summed E-state index contributed by atoms with van der Waals surface area (Å²) in [5, 5.41) is 11.2. The van der Waals surface area contributed by atoms with Crippen LogP contribution in [0.1, 0.15) is 22.3 Å². The first kappa shape index (κ1) is 12.7. The molecule has 3 heteroatoms. The van der Waals surface area contributed by atoms with Gasteiger partial charge in [0.15, 0.2) is 0 Å². The monoisotopic (exact) mass is 221 g/mol. The minimum atomic E-state index is -0.439. The summed E-state index contributed by atoms with van der Waals surface area (Å²) in [6.07, 6.45) is 0.804. The van der Waals surface area contributed by atoms with E-state index in [1.807, 2.05) is 0 Å². The molecule has 0 fully saturated rings. The highest BCUT2D eigenvalue weighted by Crippen LogP contribution is 2.15. The Morgan fingerprint density at radius 2 is 1.81 bits per heavy atom. The maximum Gasteiger partial charge on any atom is 0.245 e. The van der Waals surface area contributed by atoms with Crippen molar-refractivity contribution in [3.8, 4) is 0 Å². The van der Waals surface area contributed by atoms with E-state index in [2.05, 4.69) is 38.2 Å². The van der Waals surface area contributed by atoms with Gasteiger partial charge in [-0.3, -0.25) is 4.79 Å². The van der Waals surface area contributed by atoms with E-state index in [4.69, 9.17) is 5.11 Å². The van der Waals surface area contributed by atoms with E-state index in [0.717, 1.165) is 6.42 Å². The van der Waals surface area contributed by atoms with Crippen molar-refractivity contribution >= 4 is 5.91 Å². The smallest absolute Gasteiger partial charge is 0.245 e. The summed E-state index contributed by atoms with van der Waals surface area (Å²) < 4.78 is 0. The van der Waals surface area contributed by atoms with Crippen LogP contribution >= 0.6 is 0 Å². The Bertz CT molecular complexity index is 386. The lowest BCUT2D eigenvalue weighted by atomic mass is 9.99. The summed E-state index contributed by atoms with van der Waals surface area (Å²) in [6.45, 7) is 6.40. The first-order valence-electron chi connectivity index (χ1n) is 5.49. The number of hydrogen-bond acceptors (Lipinski definition) is 2. The van der Waals surface area contributed by atoms with Crippen LogP contribution in [0.15, 0.2) is 12.1 Å². The van der Waals surface area contributed by atoms with Gasteiger partial charge in [0.05, 0.1) is 0 Å². The van der Waals surface area contributed by atoms with Gasteiger partial charge in [-0.1, -0.05) is 12.1 Å². The Kier molecular flexibility index (Phi) is 4.50. The van der Waals surface area contributed by atoms with Crippen molar-refractivity contribution in [1.29, 1.82) is 0 Å². The van der Waals surface area contributed by atoms with Crippen molar-refractivity contribution in [2.24, 2.45) is 0 Å². The van der Waals surface area contributed by atoms with Gasteiger partial charge in [0.1, 0.15) is 6.61 Å². The van der Waals surface area contributed by atoms with Crippen LogP contribution in [0, 0.1) is 20.8 Å². The third-order valence-electron chi connectivity index (χ3n) is 2.81. The molecule has 0 saturated carbocycles. The van der Waals surface area contributed by atoms with E-state index < -0.39 is 6.61 Å². The fraction of sp³-hybridized carbons (Fsp3) is 0.462. The van der Waals surface area contributed by atoms with Gasteiger partial charge in [0, 0.05) is 6.54 Å². The fourth-order valence-electron chi connectivity index (χ4n) is 1.68. The molecule has 0 heterocycles. The van der Waals surface area contributed by atoms with Gasteiger partial charge in [-0.05, 0) is 49.4 Å². The van der Waals surface area contributed by atoms with E-state index in [0.29, 0.717) is 6.54 Å². The maximum absolute atomic E-state index is 10.8. The molecule has 3 nitrogen and oxygen atoms in total. The van der Waals surface area contributed by atoms with Crippen LogP contribution in [-0.4, -0.2) is 24.2 Å². The van der Waals surface area contributed by atoms with E-state index in [9.17, 15) is 4.79 Å². The number of amides is 1. The van der Waals surface area contributed by atoms with Crippen molar-refractivity contribution in [1.82, 2.24) is 5.32 Å². The summed E-state index contributed by atoms with van der Waals surface area (Å²) in [7, 11) is 0. The minimum absolute atomic E-state index is 0.318. The zero-order valence-electron chi connectivity index (χ0n) is 10.1. The number of carbonyl (C=O) groups excluding carboxylic acids is 1. The van der Waals surface area contributed by atoms with Crippen LogP contribution < -0.4 is 5.32 Å². The molecule has 0 unspecified atom stereocenters. The molecule has 2 N–H and O–H groups in total. The molecule has 0 atom stereocenters. The van der Waals surface area contributed by atoms with Gasteiger partial charge in [0.25, 0.3) is 0 Å². The van der Waals surface area contributed by atoms with Gasteiger partial charge >= 0.3 is 0 Å². The molecule has 0 aromatic heterocycles. The first-order chi connectivity index (χ1) is 7.54. The maximum atomic E-state index is 10.8. The number of aliphatic hydroxyl groups is 1. The minimum Gasteiger partial charge on any atom is -0.387 e. The zero-order valence-corrected chi connectivity index (χ0v) is 10.1. The molecule has 0 saturated heterocycles. The van der Waals surface area contributed by atoms with Crippen molar-refractivity contribution in [2.45, 2.75) is 27.2 Å². The van der Waals surface area contributed by atoms with Crippen LogP contribution in [0.5, 0.6) is 0 Å². The van der Waals surface area contributed by atoms with E-state index in [1.54, 1.807) is 0 Å². The largest absolute Gasteiger partial charge is 0.387 e. The average molecular weight is 221 g/mol. The highest BCUT2D eigenvalue weighted by Gasteiger charge is 2.03. The molecule has 0 aliphatic carbocycles. The van der Waals surface area contributed by atoms with Crippen molar-refractivity contribution in [3.63, 3.8) is 0 Å². The second-order valence-corrected chi connectivity index (χ2v) is 4.12.